The van der Waals surface area contributed by atoms with Crippen LogP contribution in [0.2, 0.25) is 0 Å². The third-order valence-electron chi connectivity index (χ3n) is 5.37. The van der Waals surface area contributed by atoms with Gasteiger partial charge in [-0.1, -0.05) is 24.3 Å². The fourth-order valence-corrected chi connectivity index (χ4v) is 3.65. The molecule has 0 atom stereocenters. The Hall–Kier alpha value is -3.93. The molecule has 4 rings (SSSR count). The summed E-state index contributed by atoms with van der Waals surface area (Å²) in [6, 6.07) is 21.4. The van der Waals surface area contributed by atoms with Gasteiger partial charge in [-0.3, -0.25) is 14.4 Å². The van der Waals surface area contributed by atoms with Gasteiger partial charge in [-0.05, 0) is 67.4 Å². The van der Waals surface area contributed by atoms with E-state index in [2.05, 4.69) is 10.6 Å². The molecule has 0 unspecified atom stereocenters. The summed E-state index contributed by atoms with van der Waals surface area (Å²) in [5, 5.41) is 5.75. The van der Waals surface area contributed by atoms with E-state index in [0.29, 0.717) is 41.0 Å². The van der Waals surface area contributed by atoms with Crippen LogP contribution in [-0.2, 0) is 4.79 Å². The van der Waals surface area contributed by atoms with Crippen LogP contribution in [0.15, 0.2) is 72.8 Å². The zero-order chi connectivity index (χ0) is 21.8. The standard InChI is InChI=1S/C25H23N3O3/c1-17-21(25(31)26-19-7-3-2-4-8-19)9-5-10-22(17)27-24(30)18-12-14-20(15-13-18)28-16-6-11-23(28)29/h2-5,7-10,12-15H,6,11,16H2,1H3,(H,26,31)(H,27,30). The van der Waals surface area contributed by atoms with Crippen molar-refractivity contribution in [3.8, 4) is 0 Å². The van der Waals surface area contributed by atoms with Gasteiger partial charge in [0.2, 0.25) is 5.91 Å². The molecule has 6 nitrogen and oxygen atoms in total. The number of hydrogen-bond donors (Lipinski definition) is 2. The number of nitrogens with one attached hydrogen (secondary N) is 2. The van der Waals surface area contributed by atoms with E-state index >= 15 is 0 Å². The second kappa shape index (κ2) is 8.83. The Morgan fingerprint density at radius 2 is 1.58 bits per heavy atom. The first kappa shape index (κ1) is 20.3. The van der Waals surface area contributed by atoms with Crippen molar-refractivity contribution in [1.29, 1.82) is 0 Å². The Morgan fingerprint density at radius 3 is 2.26 bits per heavy atom. The Bertz CT molecular complexity index is 1120. The summed E-state index contributed by atoms with van der Waals surface area (Å²) >= 11 is 0. The number of rotatable bonds is 5. The van der Waals surface area contributed by atoms with Gasteiger partial charge < -0.3 is 15.5 Å². The fraction of sp³-hybridized carbons (Fsp3) is 0.160. The molecule has 1 heterocycles. The second-order valence-electron chi connectivity index (χ2n) is 7.45. The summed E-state index contributed by atoms with van der Waals surface area (Å²) in [4.78, 5) is 39.0. The zero-order valence-electron chi connectivity index (χ0n) is 17.2. The van der Waals surface area contributed by atoms with Crippen molar-refractivity contribution in [3.63, 3.8) is 0 Å². The van der Waals surface area contributed by atoms with E-state index in [-0.39, 0.29) is 17.7 Å². The molecule has 0 saturated carbocycles. The van der Waals surface area contributed by atoms with Gasteiger partial charge in [0.25, 0.3) is 11.8 Å². The minimum Gasteiger partial charge on any atom is -0.322 e. The minimum absolute atomic E-state index is 0.110. The Kier molecular flexibility index (Phi) is 5.80. The molecule has 0 aromatic heterocycles. The maximum Gasteiger partial charge on any atom is 0.256 e. The van der Waals surface area contributed by atoms with E-state index in [1.54, 1.807) is 54.3 Å². The Morgan fingerprint density at radius 1 is 0.839 bits per heavy atom. The number of carbonyl (C=O) groups excluding carboxylic acids is 3. The number of carbonyl (C=O) groups is 3. The molecule has 1 saturated heterocycles. The van der Waals surface area contributed by atoms with Crippen molar-refractivity contribution in [2.24, 2.45) is 0 Å². The lowest BCUT2D eigenvalue weighted by atomic mass is 10.1. The molecule has 3 aromatic rings. The summed E-state index contributed by atoms with van der Waals surface area (Å²) in [6.45, 7) is 2.51. The summed E-state index contributed by atoms with van der Waals surface area (Å²) < 4.78 is 0. The molecule has 0 spiro atoms. The van der Waals surface area contributed by atoms with Gasteiger partial charge in [0, 0.05) is 41.2 Å². The highest BCUT2D eigenvalue weighted by molar-refractivity contribution is 6.09. The SMILES string of the molecule is Cc1c(NC(=O)c2ccc(N3CCCC3=O)cc2)cccc1C(=O)Nc1ccccc1. The van der Waals surface area contributed by atoms with Crippen molar-refractivity contribution in [2.45, 2.75) is 19.8 Å². The van der Waals surface area contributed by atoms with E-state index < -0.39 is 0 Å². The van der Waals surface area contributed by atoms with Crippen LogP contribution in [0.3, 0.4) is 0 Å². The molecule has 0 aliphatic carbocycles. The predicted octanol–water partition coefficient (Wildman–Crippen LogP) is 4.63. The first-order valence-corrected chi connectivity index (χ1v) is 10.2. The summed E-state index contributed by atoms with van der Waals surface area (Å²) in [7, 11) is 0. The number of amides is 3. The van der Waals surface area contributed by atoms with Crippen LogP contribution in [-0.4, -0.2) is 24.3 Å². The molecule has 1 fully saturated rings. The second-order valence-corrected chi connectivity index (χ2v) is 7.45. The third-order valence-corrected chi connectivity index (χ3v) is 5.37. The summed E-state index contributed by atoms with van der Waals surface area (Å²) in [6.07, 6.45) is 1.42. The molecule has 0 bridgehead atoms. The average molecular weight is 413 g/mol. The van der Waals surface area contributed by atoms with Crippen molar-refractivity contribution in [3.05, 3.63) is 89.5 Å². The quantitative estimate of drug-likeness (QED) is 0.640. The molecule has 1 aliphatic rings. The highest BCUT2D eigenvalue weighted by Gasteiger charge is 2.22. The first-order chi connectivity index (χ1) is 15.0. The maximum absolute atomic E-state index is 12.7. The lowest BCUT2D eigenvalue weighted by Gasteiger charge is -2.16. The number of benzene rings is 3. The maximum atomic E-state index is 12.7. The number of hydrogen-bond acceptors (Lipinski definition) is 3. The van der Waals surface area contributed by atoms with Gasteiger partial charge in [0.15, 0.2) is 0 Å². The normalized spacial score (nSPS) is 13.2. The lowest BCUT2D eigenvalue weighted by molar-refractivity contribution is -0.117. The molecule has 3 aromatic carbocycles. The van der Waals surface area contributed by atoms with E-state index in [1.807, 2.05) is 30.3 Å². The van der Waals surface area contributed by atoms with Crippen LogP contribution in [0.4, 0.5) is 17.1 Å². The van der Waals surface area contributed by atoms with Crippen LogP contribution >= 0.6 is 0 Å². The molecule has 0 radical (unpaired) electrons. The third kappa shape index (κ3) is 4.48. The number of para-hydroxylation sites is 1. The molecule has 1 aliphatic heterocycles. The van der Waals surface area contributed by atoms with Gasteiger partial charge in [-0.15, -0.1) is 0 Å². The van der Waals surface area contributed by atoms with Crippen LogP contribution in [0.1, 0.15) is 39.1 Å². The average Bonchev–Trinajstić information content (AvgIpc) is 3.21. The van der Waals surface area contributed by atoms with Crippen LogP contribution in [0, 0.1) is 6.92 Å². The molecule has 2 N–H and O–H groups in total. The highest BCUT2D eigenvalue weighted by atomic mass is 16.2. The Balaban J connectivity index is 1.47. The molecule has 6 heteroatoms. The molecular weight excluding hydrogens is 390 g/mol. The van der Waals surface area contributed by atoms with Gasteiger partial charge in [0.1, 0.15) is 0 Å². The smallest absolute Gasteiger partial charge is 0.256 e. The van der Waals surface area contributed by atoms with E-state index in [1.165, 1.54) is 0 Å². The van der Waals surface area contributed by atoms with Crippen molar-refractivity contribution < 1.29 is 14.4 Å². The van der Waals surface area contributed by atoms with Gasteiger partial charge in [-0.2, -0.15) is 0 Å². The zero-order valence-corrected chi connectivity index (χ0v) is 17.2. The van der Waals surface area contributed by atoms with Gasteiger partial charge >= 0.3 is 0 Å². The van der Waals surface area contributed by atoms with Crippen molar-refractivity contribution >= 4 is 34.8 Å². The van der Waals surface area contributed by atoms with Crippen LogP contribution < -0.4 is 15.5 Å². The Labute approximate surface area is 180 Å². The topological polar surface area (TPSA) is 78.5 Å². The van der Waals surface area contributed by atoms with E-state index in [0.717, 1.165) is 12.1 Å². The van der Waals surface area contributed by atoms with Crippen LogP contribution in [0.25, 0.3) is 0 Å². The molecular formula is C25H23N3O3. The summed E-state index contributed by atoms with van der Waals surface area (Å²) in [5.41, 5.74) is 3.74. The van der Waals surface area contributed by atoms with Crippen molar-refractivity contribution in [1.82, 2.24) is 0 Å². The molecule has 31 heavy (non-hydrogen) atoms. The monoisotopic (exact) mass is 413 g/mol. The lowest BCUT2D eigenvalue weighted by Crippen LogP contribution is -2.23. The number of anilines is 3. The fourth-order valence-electron chi connectivity index (χ4n) is 3.65. The van der Waals surface area contributed by atoms with Gasteiger partial charge in [0.05, 0.1) is 0 Å². The van der Waals surface area contributed by atoms with Crippen LogP contribution in [0.5, 0.6) is 0 Å². The largest absolute Gasteiger partial charge is 0.322 e. The van der Waals surface area contributed by atoms with E-state index in [9.17, 15) is 14.4 Å². The molecule has 156 valence electrons. The number of nitrogens with zero attached hydrogens (tertiary/aromatic N) is 1. The van der Waals surface area contributed by atoms with Gasteiger partial charge in [-0.25, -0.2) is 0 Å². The summed E-state index contributed by atoms with van der Waals surface area (Å²) in [5.74, 6) is -0.402. The molecule has 3 amide bonds. The first-order valence-electron chi connectivity index (χ1n) is 10.2. The van der Waals surface area contributed by atoms with Crippen molar-refractivity contribution in [2.75, 3.05) is 22.1 Å². The van der Waals surface area contributed by atoms with E-state index in [4.69, 9.17) is 0 Å². The predicted molar refractivity (Wildman–Crippen MR) is 122 cm³/mol. The highest BCUT2D eigenvalue weighted by Crippen LogP contribution is 2.24. The minimum atomic E-state index is -0.275.